The van der Waals surface area contributed by atoms with Gasteiger partial charge in [0.1, 0.15) is 5.75 Å². The van der Waals surface area contributed by atoms with Crippen molar-refractivity contribution in [2.75, 3.05) is 18.7 Å². The number of ether oxygens (including phenoxy) is 1. The van der Waals surface area contributed by atoms with Gasteiger partial charge in [0, 0.05) is 11.9 Å². The first kappa shape index (κ1) is 18.9. The Morgan fingerprint density at radius 2 is 1.59 bits per heavy atom. The van der Waals surface area contributed by atoms with E-state index in [0.717, 1.165) is 28.3 Å². The molecule has 6 heteroatoms. The van der Waals surface area contributed by atoms with Crippen LogP contribution in [0.25, 0.3) is 10.8 Å². The molecule has 0 aliphatic heterocycles. The van der Waals surface area contributed by atoms with Gasteiger partial charge in [-0.1, -0.05) is 24.3 Å². The zero-order chi connectivity index (χ0) is 19.6. The van der Waals surface area contributed by atoms with Crippen LogP contribution in [0.5, 0.6) is 5.75 Å². The number of nitrogens with one attached hydrogen (secondary N) is 1. The van der Waals surface area contributed by atoms with Gasteiger partial charge in [0.15, 0.2) is 9.84 Å². The molecule has 3 rings (SSSR count). The molecule has 0 spiro atoms. The van der Waals surface area contributed by atoms with Gasteiger partial charge in [0.2, 0.25) is 5.91 Å². The van der Waals surface area contributed by atoms with Gasteiger partial charge in [-0.15, -0.1) is 0 Å². The minimum Gasteiger partial charge on any atom is -0.497 e. The standard InChI is InChI=1S/C21H21NO4S/c1-14(15-4-5-17-13-19(26-2)9-6-16(17)12-15)21(23)22-18-7-10-20(11-8-18)27(3,24)25/h4-14H,1-3H3,(H,22,23). The Balaban J connectivity index is 1.77. The zero-order valence-corrected chi connectivity index (χ0v) is 16.2. The molecule has 3 aromatic rings. The highest BCUT2D eigenvalue weighted by atomic mass is 32.2. The molecule has 0 heterocycles. The van der Waals surface area contributed by atoms with Gasteiger partial charge in [0.25, 0.3) is 0 Å². The highest BCUT2D eigenvalue weighted by Gasteiger charge is 2.16. The van der Waals surface area contributed by atoms with Crippen molar-refractivity contribution >= 4 is 32.2 Å². The van der Waals surface area contributed by atoms with E-state index in [2.05, 4.69) is 5.32 Å². The third-order valence-corrected chi connectivity index (χ3v) is 5.64. The first-order chi connectivity index (χ1) is 12.8. The molecule has 5 nitrogen and oxygen atoms in total. The van der Waals surface area contributed by atoms with E-state index in [-0.39, 0.29) is 16.7 Å². The molecule has 1 atom stereocenters. The summed E-state index contributed by atoms with van der Waals surface area (Å²) in [5, 5.41) is 4.91. The number of sulfone groups is 1. The summed E-state index contributed by atoms with van der Waals surface area (Å²) in [6.45, 7) is 1.84. The molecule has 1 N–H and O–H groups in total. The summed E-state index contributed by atoms with van der Waals surface area (Å²) in [4.78, 5) is 12.8. The van der Waals surface area contributed by atoms with E-state index in [1.165, 1.54) is 12.1 Å². The van der Waals surface area contributed by atoms with Crippen molar-refractivity contribution < 1.29 is 17.9 Å². The van der Waals surface area contributed by atoms with Gasteiger partial charge in [-0.05, 0) is 59.7 Å². The Labute approximate surface area is 158 Å². The van der Waals surface area contributed by atoms with Crippen molar-refractivity contribution in [2.45, 2.75) is 17.7 Å². The first-order valence-corrected chi connectivity index (χ1v) is 10.4. The van der Waals surface area contributed by atoms with Gasteiger partial charge < -0.3 is 10.1 Å². The minimum absolute atomic E-state index is 0.157. The van der Waals surface area contributed by atoms with E-state index in [9.17, 15) is 13.2 Å². The van der Waals surface area contributed by atoms with Crippen LogP contribution in [0.1, 0.15) is 18.4 Å². The van der Waals surface area contributed by atoms with Crippen molar-refractivity contribution in [2.24, 2.45) is 0 Å². The third kappa shape index (κ3) is 4.28. The fourth-order valence-electron chi connectivity index (χ4n) is 2.83. The number of hydrogen-bond acceptors (Lipinski definition) is 4. The number of carbonyl (C=O) groups excluding carboxylic acids is 1. The smallest absolute Gasteiger partial charge is 0.231 e. The normalized spacial score (nSPS) is 12.6. The molecule has 1 amide bonds. The number of amides is 1. The average Bonchev–Trinajstić information content (AvgIpc) is 2.66. The maximum atomic E-state index is 12.6. The van der Waals surface area contributed by atoms with E-state index in [1.807, 2.05) is 43.3 Å². The van der Waals surface area contributed by atoms with Crippen molar-refractivity contribution in [3.05, 3.63) is 66.2 Å². The van der Waals surface area contributed by atoms with Crippen LogP contribution in [0.2, 0.25) is 0 Å². The zero-order valence-electron chi connectivity index (χ0n) is 15.4. The Morgan fingerprint density at radius 3 is 2.22 bits per heavy atom. The van der Waals surface area contributed by atoms with Crippen LogP contribution in [-0.4, -0.2) is 27.7 Å². The Bertz CT molecular complexity index is 1090. The lowest BCUT2D eigenvalue weighted by Crippen LogP contribution is -2.18. The van der Waals surface area contributed by atoms with Crippen LogP contribution in [0, 0.1) is 0 Å². The van der Waals surface area contributed by atoms with Crippen LogP contribution >= 0.6 is 0 Å². The van der Waals surface area contributed by atoms with Crippen molar-refractivity contribution in [3.63, 3.8) is 0 Å². The SMILES string of the molecule is COc1ccc2cc(C(C)C(=O)Nc3ccc(S(C)(=O)=O)cc3)ccc2c1. The molecule has 0 aliphatic carbocycles. The molecule has 3 aromatic carbocycles. The van der Waals surface area contributed by atoms with Gasteiger partial charge in [-0.3, -0.25) is 4.79 Å². The first-order valence-electron chi connectivity index (χ1n) is 8.46. The number of hydrogen-bond donors (Lipinski definition) is 1. The molecule has 0 fully saturated rings. The number of methoxy groups -OCH3 is 1. The monoisotopic (exact) mass is 383 g/mol. The second kappa shape index (κ2) is 7.40. The molecular weight excluding hydrogens is 362 g/mol. The summed E-state index contributed by atoms with van der Waals surface area (Å²) in [5.74, 6) is 0.277. The molecule has 0 radical (unpaired) electrons. The van der Waals surface area contributed by atoms with Crippen LogP contribution in [0.3, 0.4) is 0 Å². The van der Waals surface area contributed by atoms with Gasteiger partial charge in [0.05, 0.1) is 17.9 Å². The Kier molecular flexibility index (Phi) is 5.19. The van der Waals surface area contributed by atoms with Crippen LogP contribution in [-0.2, 0) is 14.6 Å². The van der Waals surface area contributed by atoms with Crippen LogP contribution in [0.4, 0.5) is 5.69 Å². The van der Waals surface area contributed by atoms with Crippen LogP contribution < -0.4 is 10.1 Å². The fourth-order valence-corrected chi connectivity index (χ4v) is 3.46. The third-order valence-electron chi connectivity index (χ3n) is 4.51. The number of anilines is 1. The van der Waals surface area contributed by atoms with E-state index in [0.29, 0.717) is 5.69 Å². The van der Waals surface area contributed by atoms with Crippen molar-refractivity contribution in [3.8, 4) is 5.75 Å². The molecular formula is C21H21NO4S. The molecule has 0 aromatic heterocycles. The Hall–Kier alpha value is -2.86. The van der Waals surface area contributed by atoms with E-state index in [1.54, 1.807) is 19.2 Å². The maximum Gasteiger partial charge on any atom is 0.231 e. The van der Waals surface area contributed by atoms with Gasteiger partial charge in [-0.2, -0.15) is 0 Å². The molecule has 27 heavy (non-hydrogen) atoms. The lowest BCUT2D eigenvalue weighted by Gasteiger charge is -2.14. The molecule has 1 unspecified atom stereocenters. The number of rotatable bonds is 5. The Morgan fingerprint density at radius 1 is 0.963 bits per heavy atom. The highest BCUT2D eigenvalue weighted by Crippen LogP contribution is 2.26. The summed E-state index contributed by atoms with van der Waals surface area (Å²) in [6, 6.07) is 17.8. The second-order valence-corrected chi connectivity index (χ2v) is 8.50. The predicted octanol–water partition coefficient (Wildman–Crippen LogP) is 3.99. The largest absolute Gasteiger partial charge is 0.497 e. The predicted molar refractivity (Wildman–Crippen MR) is 107 cm³/mol. The second-order valence-electron chi connectivity index (χ2n) is 6.48. The molecule has 0 saturated heterocycles. The molecule has 0 bridgehead atoms. The summed E-state index contributed by atoms with van der Waals surface area (Å²) in [7, 11) is -1.63. The minimum atomic E-state index is -3.25. The van der Waals surface area contributed by atoms with E-state index >= 15 is 0 Å². The maximum absolute atomic E-state index is 12.6. The fraction of sp³-hybridized carbons (Fsp3) is 0.190. The molecule has 0 saturated carbocycles. The molecule has 140 valence electrons. The van der Waals surface area contributed by atoms with E-state index in [4.69, 9.17) is 4.74 Å². The summed E-state index contributed by atoms with van der Waals surface area (Å²) in [6.07, 6.45) is 1.15. The van der Waals surface area contributed by atoms with Gasteiger partial charge in [-0.25, -0.2) is 8.42 Å². The van der Waals surface area contributed by atoms with Gasteiger partial charge >= 0.3 is 0 Å². The van der Waals surface area contributed by atoms with Crippen molar-refractivity contribution in [1.82, 2.24) is 0 Å². The lowest BCUT2D eigenvalue weighted by atomic mass is 9.97. The summed E-state index contributed by atoms with van der Waals surface area (Å²) in [5.41, 5.74) is 1.46. The van der Waals surface area contributed by atoms with Crippen molar-refractivity contribution in [1.29, 1.82) is 0 Å². The number of benzene rings is 3. The quantitative estimate of drug-likeness (QED) is 0.723. The highest BCUT2D eigenvalue weighted by molar-refractivity contribution is 7.90. The topological polar surface area (TPSA) is 72.5 Å². The number of carbonyl (C=O) groups is 1. The number of fused-ring (bicyclic) bond motifs is 1. The average molecular weight is 383 g/mol. The van der Waals surface area contributed by atoms with Crippen LogP contribution in [0.15, 0.2) is 65.6 Å². The summed E-state index contributed by atoms with van der Waals surface area (Å²) < 4.78 is 28.3. The molecule has 0 aliphatic rings. The van der Waals surface area contributed by atoms with E-state index < -0.39 is 9.84 Å². The lowest BCUT2D eigenvalue weighted by molar-refractivity contribution is -0.117. The summed E-state index contributed by atoms with van der Waals surface area (Å²) >= 11 is 0.